The van der Waals surface area contributed by atoms with Crippen molar-refractivity contribution >= 4 is 5.91 Å². The smallest absolute Gasteiger partial charge is 0.221 e. The fourth-order valence-corrected chi connectivity index (χ4v) is 2.45. The minimum atomic E-state index is 0.0584. The van der Waals surface area contributed by atoms with Crippen LogP contribution in [0.2, 0.25) is 0 Å². The van der Waals surface area contributed by atoms with E-state index in [-0.39, 0.29) is 17.5 Å². The normalized spacial score (nSPS) is 19.0. The molecule has 1 atom stereocenters. The molecule has 0 fully saturated rings. The largest absolute Gasteiger partial charge is 0.469 e. The quantitative estimate of drug-likeness (QED) is 0.878. The maximum absolute atomic E-state index is 11.9. The molecule has 4 heteroatoms. The number of amides is 1. The van der Waals surface area contributed by atoms with Gasteiger partial charge in [-0.15, -0.1) is 0 Å². The van der Waals surface area contributed by atoms with Gasteiger partial charge in [0, 0.05) is 30.5 Å². The first-order chi connectivity index (χ1) is 8.96. The van der Waals surface area contributed by atoms with E-state index in [1.54, 1.807) is 6.26 Å². The maximum atomic E-state index is 11.9. The SMILES string of the molecule is CC(C)(C)NCCC(=O)NC1CCCc2occc21. The Morgan fingerprint density at radius 3 is 3.00 bits per heavy atom. The molecule has 1 aromatic heterocycles. The monoisotopic (exact) mass is 264 g/mol. The molecule has 2 N–H and O–H groups in total. The molecule has 19 heavy (non-hydrogen) atoms. The number of carbonyl (C=O) groups excluding carboxylic acids is 1. The number of nitrogens with one attached hydrogen (secondary N) is 2. The van der Waals surface area contributed by atoms with E-state index < -0.39 is 0 Å². The van der Waals surface area contributed by atoms with Crippen LogP contribution in [0.4, 0.5) is 0 Å². The number of aryl methyl sites for hydroxylation is 1. The Kier molecular flexibility index (Phi) is 4.30. The molecule has 1 heterocycles. The molecule has 0 radical (unpaired) electrons. The van der Waals surface area contributed by atoms with Crippen molar-refractivity contribution in [2.75, 3.05) is 6.54 Å². The van der Waals surface area contributed by atoms with Crippen LogP contribution in [0, 0.1) is 0 Å². The first-order valence-electron chi connectivity index (χ1n) is 7.06. The summed E-state index contributed by atoms with van der Waals surface area (Å²) in [6.45, 7) is 7.01. The Bertz CT molecular complexity index is 432. The van der Waals surface area contributed by atoms with Crippen molar-refractivity contribution in [1.82, 2.24) is 10.6 Å². The number of furan rings is 1. The lowest BCUT2D eigenvalue weighted by molar-refractivity contribution is -0.121. The molecular weight excluding hydrogens is 240 g/mol. The van der Waals surface area contributed by atoms with Gasteiger partial charge in [-0.05, 0) is 39.7 Å². The average molecular weight is 264 g/mol. The highest BCUT2D eigenvalue weighted by molar-refractivity contribution is 5.76. The molecule has 2 rings (SSSR count). The third-order valence-corrected chi connectivity index (χ3v) is 3.39. The van der Waals surface area contributed by atoms with Crippen LogP contribution >= 0.6 is 0 Å². The number of hydrogen-bond acceptors (Lipinski definition) is 3. The molecule has 0 saturated carbocycles. The topological polar surface area (TPSA) is 54.3 Å². The first-order valence-corrected chi connectivity index (χ1v) is 7.06. The summed E-state index contributed by atoms with van der Waals surface area (Å²) in [4.78, 5) is 11.9. The van der Waals surface area contributed by atoms with Crippen molar-refractivity contribution in [3.05, 3.63) is 23.7 Å². The Hall–Kier alpha value is -1.29. The van der Waals surface area contributed by atoms with Crippen LogP contribution in [-0.4, -0.2) is 18.0 Å². The standard InChI is InChI=1S/C15H24N2O2/c1-15(2,3)16-9-7-14(18)17-12-5-4-6-13-11(12)8-10-19-13/h8,10,12,16H,4-7,9H2,1-3H3,(H,17,18). The summed E-state index contributed by atoms with van der Waals surface area (Å²) in [5, 5.41) is 6.43. The van der Waals surface area contributed by atoms with E-state index in [1.165, 1.54) is 0 Å². The second-order valence-electron chi connectivity index (χ2n) is 6.24. The number of hydrogen-bond donors (Lipinski definition) is 2. The van der Waals surface area contributed by atoms with Crippen LogP contribution in [0.5, 0.6) is 0 Å². The summed E-state index contributed by atoms with van der Waals surface area (Å²) in [7, 11) is 0. The summed E-state index contributed by atoms with van der Waals surface area (Å²) in [6.07, 6.45) is 5.30. The molecule has 1 aromatic rings. The second kappa shape index (κ2) is 5.78. The summed E-state index contributed by atoms with van der Waals surface area (Å²) >= 11 is 0. The van der Waals surface area contributed by atoms with Gasteiger partial charge in [-0.1, -0.05) is 0 Å². The van der Waals surface area contributed by atoms with Crippen LogP contribution in [0.3, 0.4) is 0 Å². The third-order valence-electron chi connectivity index (χ3n) is 3.39. The molecule has 0 saturated heterocycles. The van der Waals surface area contributed by atoms with Gasteiger partial charge in [-0.2, -0.15) is 0 Å². The molecular formula is C15H24N2O2. The highest BCUT2D eigenvalue weighted by atomic mass is 16.3. The fourth-order valence-electron chi connectivity index (χ4n) is 2.45. The van der Waals surface area contributed by atoms with Gasteiger partial charge >= 0.3 is 0 Å². The lowest BCUT2D eigenvalue weighted by Gasteiger charge is -2.24. The van der Waals surface area contributed by atoms with Crippen LogP contribution < -0.4 is 10.6 Å². The Morgan fingerprint density at radius 2 is 2.26 bits per heavy atom. The summed E-state index contributed by atoms with van der Waals surface area (Å²) in [5.74, 6) is 1.14. The lowest BCUT2D eigenvalue weighted by Crippen LogP contribution is -2.39. The number of carbonyl (C=O) groups is 1. The van der Waals surface area contributed by atoms with Crippen molar-refractivity contribution in [1.29, 1.82) is 0 Å². The highest BCUT2D eigenvalue weighted by Gasteiger charge is 2.23. The predicted molar refractivity (Wildman–Crippen MR) is 74.9 cm³/mol. The number of rotatable bonds is 4. The Labute approximate surface area is 114 Å². The Morgan fingerprint density at radius 1 is 1.47 bits per heavy atom. The predicted octanol–water partition coefficient (Wildman–Crippen LogP) is 2.55. The van der Waals surface area contributed by atoms with E-state index >= 15 is 0 Å². The highest BCUT2D eigenvalue weighted by Crippen LogP contribution is 2.30. The maximum Gasteiger partial charge on any atom is 0.221 e. The van der Waals surface area contributed by atoms with Crippen molar-refractivity contribution in [3.8, 4) is 0 Å². The molecule has 1 aliphatic rings. The zero-order valence-corrected chi connectivity index (χ0v) is 12.1. The second-order valence-corrected chi connectivity index (χ2v) is 6.24. The first kappa shape index (κ1) is 14.1. The zero-order chi connectivity index (χ0) is 13.9. The van der Waals surface area contributed by atoms with E-state index in [9.17, 15) is 4.79 Å². The van der Waals surface area contributed by atoms with Crippen LogP contribution in [0.1, 0.15) is 57.4 Å². The van der Waals surface area contributed by atoms with E-state index in [2.05, 4.69) is 31.4 Å². The van der Waals surface area contributed by atoms with Gasteiger partial charge in [0.05, 0.1) is 12.3 Å². The number of fused-ring (bicyclic) bond motifs is 1. The summed E-state index contributed by atoms with van der Waals surface area (Å²) in [5.41, 5.74) is 1.21. The average Bonchev–Trinajstić information content (AvgIpc) is 2.76. The molecule has 4 nitrogen and oxygen atoms in total. The molecule has 1 amide bonds. The molecule has 1 aliphatic carbocycles. The van der Waals surface area contributed by atoms with Gasteiger partial charge in [0.2, 0.25) is 5.91 Å². The minimum absolute atomic E-state index is 0.0584. The lowest BCUT2D eigenvalue weighted by atomic mass is 9.93. The molecule has 0 spiro atoms. The van der Waals surface area contributed by atoms with Crippen LogP contribution in [0.25, 0.3) is 0 Å². The van der Waals surface area contributed by atoms with Crippen LogP contribution in [0.15, 0.2) is 16.7 Å². The van der Waals surface area contributed by atoms with E-state index in [0.717, 1.165) is 30.6 Å². The van der Waals surface area contributed by atoms with Gasteiger partial charge in [-0.3, -0.25) is 4.79 Å². The third kappa shape index (κ3) is 4.10. The Balaban J connectivity index is 1.81. The molecule has 106 valence electrons. The van der Waals surface area contributed by atoms with Gasteiger partial charge in [0.15, 0.2) is 0 Å². The zero-order valence-electron chi connectivity index (χ0n) is 12.1. The van der Waals surface area contributed by atoms with Crippen LogP contribution in [-0.2, 0) is 11.2 Å². The van der Waals surface area contributed by atoms with E-state index in [4.69, 9.17) is 4.42 Å². The van der Waals surface area contributed by atoms with Gasteiger partial charge in [-0.25, -0.2) is 0 Å². The molecule has 1 unspecified atom stereocenters. The minimum Gasteiger partial charge on any atom is -0.469 e. The summed E-state index contributed by atoms with van der Waals surface area (Å²) < 4.78 is 5.43. The van der Waals surface area contributed by atoms with E-state index in [1.807, 2.05) is 6.07 Å². The molecule has 0 aromatic carbocycles. The van der Waals surface area contributed by atoms with Crippen molar-refractivity contribution in [3.63, 3.8) is 0 Å². The summed E-state index contributed by atoms with van der Waals surface area (Å²) in [6, 6.07) is 2.11. The molecule has 0 bridgehead atoms. The van der Waals surface area contributed by atoms with Gasteiger partial charge < -0.3 is 15.1 Å². The molecule has 0 aliphatic heterocycles. The fraction of sp³-hybridized carbons (Fsp3) is 0.667. The van der Waals surface area contributed by atoms with Crippen molar-refractivity contribution in [2.24, 2.45) is 0 Å². The van der Waals surface area contributed by atoms with E-state index in [0.29, 0.717) is 13.0 Å². The van der Waals surface area contributed by atoms with Gasteiger partial charge in [0.1, 0.15) is 5.76 Å². The van der Waals surface area contributed by atoms with Crippen molar-refractivity contribution in [2.45, 2.75) is 58.0 Å². The van der Waals surface area contributed by atoms with Crippen molar-refractivity contribution < 1.29 is 9.21 Å². The van der Waals surface area contributed by atoms with Gasteiger partial charge in [0.25, 0.3) is 0 Å².